The van der Waals surface area contributed by atoms with Crippen molar-refractivity contribution in [1.29, 1.82) is 0 Å². The monoisotopic (exact) mass is 736 g/mol. The Morgan fingerprint density at radius 2 is 0.290 bits per heavy atom. The van der Waals surface area contributed by atoms with Crippen molar-refractivity contribution in [2.75, 3.05) is 0 Å². The molecule has 0 amide bonds. The van der Waals surface area contributed by atoms with Gasteiger partial charge >= 0.3 is 107 Å². The van der Waals surface area contributed by atoms with Gasteiger partial charge in [-0.25, -0.2) is 0 Å². The summed E-state index contributed by atoms with van der Waals surface area (Å²) in [7, 11) is 0. The Hall–Kier alpha value is -2.03. The van der Waals surface area contributed by atoms with Crippen LogP contribution in [0.2, 0.25) is 0 Å². The van der Waals surface area contributed by atoms with Gasteiger partial charge in [0.15, 0.2) is 0 Å². The standard InChI is InChI=1S/Ce.La.7NO3.Na/c;;7*2-1(3)4;/q2*+3;7*-1;+1. The van der Waals surface area contributed by atoms with Crippen molar-refractivity contribution >= 4 is 0 Å². The SMILES string of the molecule is O=[N+]([O-])[O-].O=[N+]([O-])[O-].O=[N+]([O-])[O-].O=[N+]([O-])[O-].O=[N+]([O-])[O-].O=[N+]([O-])[O-].O=[N+]([O-])[O-].[Ce+3].[La+3].[Na+]. The van der Waals surface area contributed by atoms with Gasteiger partial charge < -0.3 is 107 Å². The van der Waals surface area contributed by atoms with E-state index in [9.17, 15) is 0 Å². The number of hydrogen-bond donors (Lipinski definition) is 0. The molecule has 28 nitrogen and oxygen atoms in total. The quantitative estimate of drug-likeness (QED) is 0.128. The van der Waals surface area contributed by atoms with Gasteiger partial charge in [-0.3, -0.25) is 0 Å². The van der Waals surface area contributed by atoms with Crippen LogP contribution in [-0.4, -0.2) is 35.6 Å². The third kappa shape index (κ3) is 4580. The zero-order chi connectivity index (χ0) is 25.0. The maximum Gasteiger partial charge on any atom is 3.00 e. The second kappa shape index (κ2) is 56.5. The molecule has 0 aromatic carbocycles. The van der Waals surface area contributed by atoms with Crippen LogP contribution in [0.15, 0.2) is 0 Å². The molecular formula is CeLaN7NaO21. The van der Waals surface area contributed by atoms with Crippen molar-refractivity contribution in [1.82, 2.24) is 0 Å². The third-order valence-electron chi connectivity index (χ3n) is 0. The van der Waals surface area contributed by atoms with Crippen molar-refractivity contribution < 1.29 is 143 Å². The first-order valence-corrected chi connectivity index (χ1v) is 3.83. The zero-order valence-electron chi connectivity index (χ0n) is 13.8. The van der Waals surface area contributed by atoms with Crippen LogP contribution in [0.5, 0.6) is 0 Å². The van der Waals surface area contributed by atoms with Gasteiger partial charge in [0.2, 0.25) is 0 Å². The Labute approximate surface area is 247 Å². The summed E-state index contributed by atoms with van der Waals surface area (Å²) in [5.74, 6) is 0. The van der Waals surface area contributed by atoms with Crippen molar-refractivity contribution in [3.63, 3.8) is 0 Å². The first kappa shape index (κ1) is 63.0. The summed E-state index contributed by atoms with van der Waals surface area (Å²) in [6.45, 7) is 0. The first-order chi connectivity index (χ1) is 12.1. The molecule has 0 saturated carbocycles. The summed E-state index contributed by atoms with van der Waals surface area (Å²) in [5, 5.41) is 103. The van der Waals surface area contributed by atoms with E-state index in [0.717, 1.165) is 0 Å². The van der Waals surface area contributed by atoms with Crippen molar-refractivity contribution in [2.45, 2.75) is 0 Å². The molecule has 0 N–H and O–H groups in total. The van der Waals surface area contributed by atoms with E-state index in [2.05, 4.69) is 0 Å². The van der Waals surface area contributed by atoms with Gasteiger partial charge in [0.05, 0.1) is 35.6 Å². The summed E-state index contributed by atoms with van der Waals surface area (Å²) in [4.78, 5) is 57.8. The number of hydrogen-bond acceptors (Lipinski definition) is 21. The molecule has 0 aromatic heterocycles. The third-order valence-corrected chi connectivity index (χ3v) is 0. The maximum atomic E-state index is 8.25. The zero-order valence-corrected chi connectivity index (χ0v) is 22.5. The molecule has 0 spiro atoms. The molecule has 0 aliphatic heterocycles. The minimum absolute atomic E-state index is 0. The fraction of sp³-hybridized carbons (Fsp3) is 0. The smallest absolute Gasteiger partial charge is 0.356 e. The van der Waals surface area contributed by atoms with E-state index in [1.165, 1.54) is 0 Å². The van der Waals surface area contributed by atoms with E-state index in [1.807, 2.05) is 0 Å². The average Bonchev–Trinajstić information content (AvgIpc) is 2.20. The molecule has 169 valence electrons. The fourth-order valence-corrected chi connectivity index (χ4v) is 0. The summed E-state index contributed by atoms with van der Waals surface area (Å²) in [6.07, 6.45) is 0. The summed E-state index contributed by atoms with van der Waals surface area (Å²) in [6, 6.07) is 0. The molecule has 0 saturated heterocycles. The van der Waals surface area contributed by atoms with Gasteiger partial charge in [-0.05, 0) is 0 Å². The molecule has 0 atom stereocenters. The Morgan fingerprint density at radius 1 is 0.290 bits per heavy atom. The van der Waals surface area contributed by atoms with Gasteiger partial charge in [0.1, 0.15) is 0 Å². The van der Waals surface area contributed by atoms with Gasteiger partial charge in [-0.2, -0.15) is 0 Å². The molecule has 31 heteroatoms. The van der Waals surface area contributed by atoms with Crippen LogP contribution in [0, 0.1) is 185 Å². The second-order valence-electron chi connectivity index (χ2n) is 1.57. The van der Waals surface area contributed by atoms with Crippen LogP contribution < -0.4 is 29.6 Å². The molecule has 0 aliphatic rings. The van der Waals surface area contributed by atoms with Gasteiger partial charge in [-0.15, -0.1) is 0 Å². The molecule has 0 heterocycles. The Kier molecular flexibility index (Phi) is 115. The molecule has 0 unspecified atom stereocenters. The topological polar surface area (TPSA) is 463 Å². The molecule has 0 rings (SSSR count). The Balaban J connectivity index is -0.0000000204. The van der Waals surface area contributed by atoms with E-state index in [0.29, 0.717) is 0 Å². The average molecular weight is 736 g/mol. The first-order valence-electron chi connectivity index (χ1n) is 3.83. The molecule has 1 radical (unpaired) electrons. The predicted octanol–water partition coefficient (Wildman–Crippen LogP) is -4.67. The predicted molar refractivity (Wildman–Crippen MR) is 72.5 cm³/mol. The van der Waals surface area contributed by atoms with Crippen LogP contribution in [0.4, 0.5) is 0 Å². The van der Waals surface area contributed by atoms with Crippen LogP contribution >= 0.6 is 0 Å². The summed E-state index contributed by atoms with van der Waals surface area (Å²) < 4.78 is 0. The number of nitrogens with zero attached hydrogens (tertiary/aromatic N) is 7. The van der Waals surface area contributed by atoms with Crippen molar-refractivity contribution in [3.05, 3.63) is 107 Å². The minimum atomic E-state index is -1.75. The molecule has 31 heavy (non-hydrogen) atoms. The molecule has 0 aliphatic carbocycles. The van der Waals surface area contributed by atoms with E-state index >= 15 is 0 Å². The normalized spacial score (nSPS) is 5.42. The van der Waals surface area contributed by atoms with E-state index in [-0.39, 0.29) is 107 Å². The second-order valence-corrected chi connectivity index (χ2v) is 1.57. The van der Waals surface area contributed by atoms with Crippen LogP contribution in [0.1, 0.15) is 0 Å². The van der Waals surface area contributed by atoms with Gasteiger partial charge in [0, 0.05) is 0 Å². The van der Waals surface area contributed by atoms with Gasteiger partial charge in [-0.1, -0.05) is 0 Å². The molecule has 0 fully saturated rings. The van der Waals surface area contributed by atoms with Crippen LogP contribution in [0.25, 0.3) is 0 Å². The fourth-order valence-electron chi connectivity index (χ4n) is 0. The van der Waals surface area contributed by atoms with Gasteiger partial charge in [0.25, 0.3) is 0 Å². The van der Waals surface area contributed by atoms with Crippen molar-refractivity contribution in [3.8, 4) is 0 Å². The van der Waals surface area contributed by atoms with Crippen molar-refractivity contribution in [2.24, 2.45) is 0 Å². The Morgan fingerprint density at radius 3 is 0.290 bits per heavy atom. The van der Waals surface area contributed by atoms with E-state index in [4.69, 9.17) is 107 Å². The summed E-state index contributed by atoms with van der Waals surface area (Å²) in [5.41, 5.74) is 0. The summed E-state index contributed by atoms with van der Waals surface area (Å²) >= 11 is 0. The van der Waals surface area contributed by atoms with E-state index in [1.54, 1.807) is 0 Å². The number of rotatable bonds is 0. The maximum absolute atomic E-state index is 8.25. The van der Waals surface area contributed by atoms with E-state index < -0.39 is 35.6 Å². The molecule has 0 aromatic rings. The van der Waals surface area contributed by atoms with Crippen LogP contribution in [0.3, 0.4) is 0 Å². The Bertz CT molecular complexity index is 321. The minimum Gasteiger partial charge on any atom is -0.356 e. The van der Waals surface area contributed by atoms with Crippen LogP contribution in [-0.2, 0) is 0 Å². The largest absolute Gasteiger partial charge is 3.00 e. The molecular weight excluding hydrogens is 736 g/mol. The molecule has 0 bridgehead atoms.